The van der Waals surface area contributed by atoms with Crippen molar-refractivity contribution in [3.8, 4) is 0 Å². The van der Waals surface area contributed by atoms with Crippen molar-refractivity contribution >= 4 is 5.97 Å². The molecule has 0 bridgehead atoms. The van der Waals surface area contributed by atoms with Crippen LogP contribution >= 0.6 is 0 Å². The van der Waals surface area contributed by atoms with Crippen LogP contribution in [-0.2, 0) is 4.79 Å². The van der Waals surface area contributed by atoms with Crippen LogP contribution in [0.25, 0.3) is 0 Å². The Bertz CT molecular complexity index is 952. The molecule has 5 rings (SSSR count). The Balaban J connectivity index is 1.67. The molecule has 5 aliphatic carbocycles. The van der Waals surface area contributed by atoms with Gasteiger partial charge in [-0.3, -0.25) is 4.79 Å². The van der Waals surface area contributed by atoms with E-state index in [2.05, 4.69) is 47.6 Å². The third kappa shape index (κ3) is 2.90. The summed E-state index contributed by atoms with van der Waals surface area (Å²) in [5, 5.41) is 45.1. The van der Waals surface area contributed by atoms with Crippen molar-refractivity contribution in [3.63, 3.8) is 0 Å². The number of aliphatic hydroxyl groups is 3. The van der Waals surface area contributed by atoms with Crippen molar-refractivity contribution in [2.75, 3.05) is 0 Å². The molecule has 0 heterocycles. The van der Waals surface area contributed by atoms with E-state index in [1.54, 1.807) is 0 Å². The van der Waals surface area contributed by atoms with Crippen molar-refractivity contribution in [2.24, 2.45) is 50.7 Å². The van der Waals surface area contributed by atoms with Gasteiger partial charge in [0.2, 0.25) is 0 Å². The van der Waals surface area contributed by atoms with E-state index >= 15 is 0 Å². The number of fused-ring (bicyclic) bond motifs is 7. The molecule has 0 radical (unpaired) electrons. The van der Waals surface area contributed by atoms with Gasteiger partial charge in [0.05, 0.1) is 23.2 Å². The molecule has 0 aromatic heterocycles. The number of aliphatic carboxylic acids is 1. The summed E-state index contributed by atoms with van der Waals surface area (Å²) < 4.78 is 0. The predicted molar refractivity (Wildman–Crippen MR) is 135 cm³/mol. The van der Waals surface area contributed by atoms with Gasteiger partial charge in [-0.2, -0.15) is 0 Å². The molecular formula is C30H48O5. The molecule has 5 aliphatic rings. The monoisotopic (exact) mass is 488 g/mol. The van der Waals surface area contributed by atoms with Crippen LogP contribution in [0.4, 0.5) is 0 Å². The molecule has 0 aromatic carbocycles. The summed E-state index contributed by atoms with van der Waals surface area (Å²) in [6, 6.07) is 0. The van der Waals surface area contributed by atoms with Gasteiger partial charge in [0.1, 0.15) is 0 Å². The van der Waals surface area contributed by atoms with E-state index in [0.717, 1.165) is 37.7 Å². The minimum Gasteiger partial charge on any atom is -0.481 e. The van der Waals surface area contributed by atoms with Crippen molar-refractivity contribution in [1.29, 1.82) is 0 Å². The molecule has 0 spiro atoms. The Morgan fingerprint density at radius 3 is 2.26 bits per heavy atom. The van der Waals surface area contributed by atoms with Gasteiger partial charge in [0.15, 0.2) is 0 Å². The molecule has 198 valence electrons. The van der Waals surface area contributed by atoms with Gasteiger partial charge in [-0.05, 0) is 97.7 Å². The van der Waals surface area contributed by atoms with Crippen LogP contribution in [0.15, 0.2) is 11.6 Å². The van der Waals surface area contributed by atoms with Gasteiger partial charge >= 0.3 is 5.97 Å². The Morgan fingerprint density at radius 2 is 1.63 bits per heavy atom. The summed E-state index contributed by atoms with van der Waals surface area (Å²) in [4.78, 5) is 12.8. The molecule has 5 nitrogen and oxygen atoms in total. The summed E-state index contributed by atoms with van der Waals surface area (Å²) in [7, 11) is 0. The second kappa shape index (κ2) is 7.35. The quantitative estimate of drug-likeness (QED) is 0.382. The van der Waals surface area contributed by atoms with Crippen LogP contribution in [0.2, 0.25) is 0 Å². The van der Waals surface area contributed by atoms with Gasteiger partial charge in [-0.1, -0.05) is 53.2 Å². The summed E-state index contributed by atoms with van der Waals surface area (Å²) in [6.45, 7) is 15.2. The topological polar surface area (TPSA) is 98.0 Å². The Labute approximate surface area is 211 Å². The van der Waals surface area contributed by atoms with Gasteiger partial charge in [0, 0.05) is 5.92 Å². The second-order valence-electron chi connectivity index (χ2n) is 14.9. The molecule has 5 heteroatoms. The molecular weight excluding hydrogens is 440 g/mol. The van der Waals surface area contributed by atoms with E-state index in [4.69, 9.17) is 0 Å². The van der Waals surface area contributed by atoms with E-state index in [1.165, 1.54) is 0 Å². The van der Waals surface area contributed by atoms with Crippen LogP contribution in [0.1, 0.15) is 99.8 Å². The lowest BCUT2D eigenvalue weighted by atomic mass is 9.32. The summed E-state index contributed by atoms with van der Waals surface area (Å²) in [6.07, 6.45) is 7.27. The normalized spacial score (nSPS) is 57.1. The lowest BCUT2D eigenvalue weighted by Crippen LogP contribution is -2.70. The summed E-state index contributed by atoms with van der Waals surface area (Å²) in [5.41, 5.74) is -1.80. The predicted octanol–water partition coefficient (Wildman–Crippen LogP) is 5.18. The first-order chi connectivity index (χ1) is 16.0. The third-order valence-electron chi connectivity index (χ3n) is 13.3. The Hall–Kier alpha value is -0.910. The van der Waals surface area contributed by atoms with Crippen LogP contribution in [-0.4, -0.2) is 44.2 Å². The SMILES string of the molecule is CC1CC[C@]2(C(=O)O)CC[C@]3(C)C(=CCC4[C@@]5(C)CCC(O)C(C)(C)C5C(O)C[C@]43C)C2[C@]1(C)O. The van der Waals surface area contributed by atoms with E-state index in [-0.39, 0.29) is 33.5 Å². The molecule has 0 amide bonds. The molecule has 11 atom stereocenters. The molecule has 0 aliphatic heterocycles. The standard InChI is InChI=1S/C30H48O5/c1-17-10-13-30(24(33)34)15-14-27(5)18(22(30)29(17,7)35)8-9-20-26(4)12-11-21(32)25(2,3)23(26)19(31)16-28(20,27)6/h8,17,19-23,31-32,35H,9-16H2,1-7H3,(H,33,34)/t17?,19?,20?,21?,22?,23?,26-,27-,28-,29-,30+/m1/s1. The van der Waals surface area contributed by atoms with Crippen molar-refractivity contribution in [2.45, 2.75) is 118 Å². The first-order valence-electron chi connectivity index (χ1n) is 14.0. The van der Waals surface area contributed by atoms with Gasteiger partial charge < -0.3 is 20.4 Å². The highest BCUT2D eigenvalue weighted by molar-refractivity contribution is 5.77. The fourth-order valence-corrected chi connectivity index (χ4v) is 11.0. The fourth-order valence-electron chi connectivity index (χ4n) is 11.0. The van der Waals surface area contributed by atoms with E-state index in [9.17, 15) is 25.2 Å². The molecule has 0 aromatic rings. The van der Waals surface area contributed by atoms with Crippen molar-refractivity contribution in [3.05, 3.63) is 11.6 Å². The average Bonchev–Trinajstić information content (AvgIpc) is 2.74. The van der Waals surface area contributed by atoms with Crippen LogP contribution in [0, 0.1) is 50.7 Å². The number of aliphatic hydroxyl groups excluding tert-OH is 2. The summed E-state index contributed by atoms with van der Waals surface area (Å²) in [5.74, 6) is -0.765. The first-order valence-corrected chi connectivity index (χ1v) is 14.0. The van der Waals surface area contributed by atoms with Gasteiger partial charge in [-0.25, -0.2) is 0 Å². The highest BCUT2D eigenvalue weighted by atomic mass is 16.4. The zero-order valence-electron chi connectivity index (χ0n) is 22.9. The Morgan fingerprint density at radius 1 is 0.971 bits per heavy atom. The van der Waals surface area contributed by atoms with Crippen LogP contribution < -0.4 is 0 Å². The van der Waals surface area contributed by atoms with Crippen LogP contribution in [0.5, 0.6) is 0 Å². The van der Waals surface area contributed by atoms with E-state index in [0.29, 0.717) is 25.2 Å². The maximum Gasteiger partial charge on any atom is 0.310 e. The maximum absolute atomic E-state index is 12.8. The smallest absolute Gasteiger partial charge is 0.310 e. The zero-order valence-corrected chi connectivity index (χ0v) is 22.9. The average molecular weight is 489 g/mol. The molecule has 6 unspecified atom stereocenters. The number of allylic oxidation sites excluding steroid dienone is 1. The lowest BCUT2D eigenvalue weighted by Gasteiger charge is -2.72. The fraction of sp³-hybridized carbons (Fsp3) is 0.900. The first kappa shape index (κ1) is 25.7. The van der Waals surface area contributed by atoms with E-state index in [1.807, 2.05) is 6.92 Å². The third-order valence-corrected chi connectivity index (χ3v) is 13.3. The molecule has 35 heavy (non-hydrogen) atoms. The van der Waals surface area contributed by atoms with Gasteiger partial charge in [0.25, 0.3) is 0 Å². The highest BCUT2D eigenvalue weighted by Crippen LogP contribution is 2.76. The highest BCUT2D eigenvalue weighted by Gasteiger charge is 2.72. The number of carboxylic acid groups (broad SMARTS) is 1. The maximum atomic E-state index is 12.8. The van der Waals surface area contributed by atoms with Crippen molar-refractivity contribution in [1.82, 2.24) is 0 Å². The largest absolute Gasteiger partial charge is 0.481 e. The lowest BCUT2D eigenvalue weighted by molar-refractivity contribution is -0.247. The molecule has 4 saturated carbocycles. The minimum atomic E-state index is -1.08. The van der Waals surface area contributed by atoms with Crippen molar-refractivity contribution < 1.29 is 25.2 Å². The zero-order chi connectivity index (χ0) is 26.0. The number of hydrogen-bond donors (Lipinski definition) is 4. The summed E-state index contributed by atoms with van der Waals surface area (Å²) >= 11 is 0. The number of carbonyl (C=O) groups is 1. The minimum absolute atomic E-state index is 0.0230. The van der Waals surface area contributed by atoms with Gasteiger partial charge in [-0.15, -0.1) is 0 Å². The second-order valence-corrected chi connectivity index (χ2v) is 14.9. The molecule has 0 saturated heterocycles. The number of rotatable bonds is 1. The number of hydrogen-bond acceptors (Lipinski definition) is 4. The van der Waals surface area contributed by atoms with Crippen LogP contribution in [0.3, 0.4) is 0 Å². The van der Waals surface area contributed by atoms with E-state index < -0.39 is 35.1 Å². The Kier molecular flexibility index (Phi) is 5.40. The molecule has 4 fully saturated rings. The molecule has 4 N–H and O–H groups in total. The number of carboxylic acids is 1.